The van der Waals surface area contributed by atoms with E-state index in [0.29, 0.717) is 17.1 Å². The van der Waals surface area contributed by atoms with Crippen molar-refractivity contribution < 1.29 is 9.18 Å². The van der Waals surface area contributed by atoms with Gasteiger partial charge in [0, 0.05) is 43.3 Å². The van der Waals surface area contributed by atoms with Crippen LogP contribution >= 0.6 is 11.6 Å². The van der Waals surface area contributed by atoms with Crippen molar-refractivity contribution in [3.8, 4) is 0 Å². The van der Waals surface area contributed by atoms with Crippen LogP contribution in [-0.2, 0) is 0 Å². The van der Waals surface area contributed by atoms with Crippen molar-refractivity contribution in [2.24, 2.45) is 0 Å². The Kier molecular flexibility index (Phi) is 6.25. The molecule has 0 radical (unpaired) electrons. The number of amides is 1. The van der Waals surface area contributed by atoms with Gasteiger partial charge in [-0.25, -0.2) is 4.39 Å². The van der Waals surface area contributed by atoms with E-state index in [2.05, 4.69) is 22.2 Å². The van der Waals surface area contributed by atoms with Crippen LogP contribution in [0.1, 0.15) is 22.0 Å². The van der Waals surface area contributed by atoms with Crippen LogP contribution < -0.4 is 5.32 Å². The molecule has 0 saturated carbocycles. The number of benzene rings is 2. The molecule has 1 atom stereocenters. The Morgan fingerprint density at radius 2 is 1.85 bits per heavy atom. The van der Waals surface area contributed by atoms with Gasteiger partial charge in [0.15, 0.2) is 0 Å². The molecule has 1 fully saturated rings. The van der Waals surface area contributed by atoms with Crippen LogP contribution in [0.4, 0.5) is 4.39 Å². The number of carbonyl (C=O) groups excluding carboxylic acids is 1. The highest BCUT2D eigenvalue weighted by atomic mass is 35.5. The van der Waals surface area contributed by atoms with Crippen molar-refractivity contribution in [2.45, 2.75) is 6.04 Å². The van der Waals surface area contributed by atoms with Gasteiger partial charge in [-0.1, -0.05) is 29.8 Å². The maximum absolute atomic E-state index is 13.4. The van der Waals surface area contributed by atoms with Crippen molar-refractivity contribution in [1.29, 1.82) is 0 Å². The van der Waals surface area contributed by atoms with E-state index in [9.17, 15) is 9.18 Å². The minimum absolute atomic E-state index is 0.0541. The average molecular weight is 376 g/mol. The van der Waals surface area contributed by atoms with E-state index in [1.54, 1.807) is 12.1 Å². The van der Waals surface area contributed by atoms with Gasteiger partial charge < -0.3 is 10.2 Å². The first kappa shape index (κ1) is 18.8. The fourth-order valence-corrected chi connectivity index (χ4v) is 3.32. The molecule has 2 aromatic carbocycles. The monoisotopic (exact) mass is 375 g/mol. The van der Waals surface area contributed by atoms with Crippen LogP contribution in [0.25, 0.3) is 0 Å². The van der Waals surface area contributed by atoms with Gasteiger partial charge in [0.1, 0.15) is 5.82 Å². The second-order valence-corrected chi connectivity index (χ2v) is 7.06. The molecule has 0 bridgehead atoms. The van der Waals surface area contributed by atoms with E-state index < -0.39 is 5.82 Å². The second kappa shape index (κ2) is 8.62. The molecule has 0 spiro atoms. The van der Waals surface area contributed by atoms with Crippen LogP contribution in [0.15, 0.2) is 48.5 Å². The van der Waals surface area contributed by atoms with Gasteiger partial charge in [-0.2, -0.15) is 0 Å². The largest absolute Gasteiger partial charge is 0.350 e. The molecule has 1 saturated heterocycles. The summed E-state index contributed by atoms with van der Waals surface area (Å²) in [5.41, 5.74) is 1.44. The number of nitrogens with zero attached hydrogens (tertiary/aromatic N) is 2. The Labute approximate surface area is 158 Å². The smallest absolute Gasteiger partial charge is 0.251 e. The first-order valence-corrected chi connectivity index (χ1v) is 9.12. The molecule has 0 aromatic heterocycles. The summed E-state index contributed by atoms with van der Waals surface area (Å²) >= 11 is 6.02. The first-order valence-electron chi connectivity index (χ1n) is 8.75. The summed E-state index contributed by atoms with van der Waals surface area (Å²) in [5, 5.41) is 3.64. The highest BCUT2D eigenvalue weighted by Gasteiger charge is 2.24. The lowest BCUT2D eigenvalue weighted by atomic mass is 10.0. The highest BCUT2D eigenvalue weighted by Crippen LogP contribution is 2.23. The first-order chi connectivity index (χ1) is 12.5. The van der Waals surface area contributed by atoms with Gasteiger partial charge >= 0.3 is 0 Å². The maximum Gasteiger partial charge on any atom is 0.251 e. The summed E-state index contributed by atoms with van der Waals surface area (Å²) in [6.45, 7) is 4.30. The number of piperazine rings is 1. The molecule has 1 N–H and O–H groups in total. The molecule has 4 nitrogen and oxygen atoms in total. The van der Waals surface area contributed by atoms with Crippen molar-refractivity contribution in [2.75, 3.05) is 39.8 Å². The normalized spacial score (nSPS) is 17.0. The van der Waals surface area contributed by atoms with Crippen molar-refractivity contribution in [1.82, 2.24) is 15.1 Å². The Balaban J connectivity index is 1.73. The van der Waals surface area contributed by atoms with Gasteiger partial charge in [-0.15, -0.1) is 0 Å². The zero-order chi connectivity index (χ0) is 18.5. The lowest BCUT2D eigenvalue weighted by molar-refractivity contribution is 0.0886. The third-order valence-electron chi connectivity index (χ3n) is 4.78. The van der Waals surface area contributed by atoms with Gasteiger partial charge in [0.05, 0.1) is 6.04 Å². The molecule has 1 amide bonds. The van der Waals surface area contributed by atoms with Gasteiger partial charge in [-0.05, 0) is 42.9 Å². The van der Waals surface area contributed by atoms with E-state index in [1.807, 2.05) is 24.3 Å². The van der Waals surface area contributed by atoms with E-state index in [0.717, 1.165) is 31.7 Å². The van der Waals surface area contributed by atoms with Crippen molar-refractivity contribution >= 4 is 17.5 Å². The van der Waals surface area contributed by atoms with E-state index in [-0.39, 0.29) is 11.9 Å². The number of hydrogen-bond acceptors (Lipinski definition) is 3. The predicted molar refractivity (Wildman–Crippen MR) is 102 cm³/mol. The molecule has 138 valence electrons. The molecule has 1 aliphatic rings. The van der Waals surface area contributed by atoms with Gasteiger partial charge in [0.25, 0.3) is 5.91 Å². The third-order valence-corrected chi connectivity index (χ3v) is 5.03. The van der Waals surface area contributed by atoms with Gasteiger partial charge in [-0.3, -0.25) is 9.69 Å². The molecule has 1 aliphatic heterocycles. The lowest BCUT2D eigenvalue weighted by Gasteiger charge is -2.38. The van der Waals surface area contributed by atoms with Crippen LogP contribution in [0, 0.1) is 5.82 Å². The molecule has 3 rings (SSSR count). The van der Waals surface area contributed by atoms with Crippen molar-refractivity contribution in [3.05, 3.63) is 70.5 Å². The SMILES string of the molecule is CN1CCN(C(CNC(=O)c2cccc(F)c2)c2ccc(Cl)cc2)CC1. The number of halogens is 2. The Bertz CT molecular complexity index is 745. The second-order valence-electron chi connectivity index (χ2n) is 6.63. The molecule has 2 aromatic rings. The third kappa shape index (κ3) is 4.81. The van der Waals surface area contributed by atoms with E-state index >= 15 is 0 Å². The lowest BCUT2D eigenvalue weighted by Crippen LogP contribution is -2.48. The zero-order valence-electron chi connectivity index (χ0n) is 14.8. The number of carbonyl (C=O) groups is 1. The summed E-state index contributed by atoms with van der Waals surface area (Å²) in [6, 6.07) is 13.5. The predicted octanol–water partition coefficient (Wildman–Crippen LogP) is 3.20. The summed E-state index contributed by atoms with van der Waals surface area (Å²) in [6.07, 6.45) is 0. The zero-order valence-corrected chi connectivity index (χ0v) is 15.5. The number of likely N-dealkylation sites (N-methyl/N-ethyl adjacent to an activating group) is 1. The minimum Gasteiger partial charge on any atom is -0.350 e. The molecule has 26 heavy (non-hydrogen) atoms. The summed E-state index contributed by atoms with van der Waals surface area (Å²) in [4.78, 5) is 17.1. The Morgan fingerprint density at radius 1 is 1.15 bits per heavy atom. The molecule has 1 unspecified atom stereocenters. The average Bonchev–Trinajstić information content (AvgIpc) is 2.64. The topological polar surface area (TPSA) is 35.6 Å². The van der Waals surface area contributed by atoms with Crippen LogP contribution in [-0.4, -0.2) is 55.5 Å². The fourth-order valence-electron chi connectivity index (χ4n) is 3.20. The van der Waals surface area contributed by atoms with Crippen molar-refractivity contribution in [3.63, 3.8) is 0 Å². The quantitative estimate of drug-likeness (QED) is 0.871. The van der Waals surface area contributed by atoms with E-state index in [4.69, 9.17) is 11.6 Å². The standard InChI is InChI=1S/C20H23ClFN3O/c1-24-9-11-25(12-10-24)19(15-5-7-17(21)8-6-15)14-23-20(26)16-3-2-4-18(22)13-16/h2-8,13,19H,9-12,14H2,1H3,(H,23,26). The summed E-state index contributed by atoms with van der Waals surface area (Å²) < 4.78 is 13.4. The maximum atomic E-state index is 13.4. The molecular formula is C20H23ClFN3O. The number of nitrogens with one attached hydrogen (secondary N) is 1. The van der Waals surface area contributed by atoms with Gasteiger partial charge in [0.2, 0.25) is 0 Å². The molecule has 1 heterocycles. The summed E-state index contributed by atoms with van der Waals surface area (Å²) in [5.74, 6) is -0.677. The van der Waals surface area contributed by atoms with E-state index in [1.165, 1.54) is 12.1 Å². The van der Waals surface area contributed by atoms with Crippen LogP contribution in [0.5, 0.6) is 0 Å². The minimum atomic E-state index is -0.411. The fraction of sp³-hybridized carbons (Fsp3) is 0.350. The Hall–Kier alpha value is -1.95. The molecule has 0 aliphatic carbocycles. The van der Waals surface area contributed by atoms with Crippen LogP contribution in [0.3, 0.4) is 0 Å². The number of hydrogen-bond donors (Lipinski definition) is 1. The molecule has 6 heteroatoms. The van der Waals surface area contributed by atoms with Crippen LogP contribution in [0.2, 0.25) is 5.02 Å². The summed E-state index contributed by atoms with van der Waals surface area (Å²) in [7, 11) is 2.11. The molecular weight excluding hydrogens is 353 g/mol. The number of rotatable bonds is 5. The Morgan fingerprint density at radius 3 is 2.50 bits per heavy atom. The highest BCUT2D eigenvalue weighted by molar-refractivity contribution is 6.30.